The Morgan fingerprint density at radius 3 is 2.68 bits per heavy atom. The number of nitrogens with one attached hydrogen (secondary N) is 1. The van der Waals surface area contributed by atoms with Crippen LogP contribution >= 0.6 is 11.3 Å². The Bertz CT molecular complexity index is 679. The van der Waals surface area contributed by atoms with Gasteiger partial charge in [0.05, 0.1) is 11.4 Å². The zero-order valence-electron chi connectivity index (χ0n) is 12.3. The van der Waals surface area contributed by atoms with E-state index in [4.69, 9.17) is 0 Å². The molecule has 22 heavy (non-hydrogen) atoms. The van der Waals surface area contributed by atoms with E-state index in [1.807, 2.05) is 23.1 Å². The number of aromatic nitrogens is 1. The van der Waals surface area contributed by atoms with E-state index in [0.717, 1.165) is 41.8 Å². The average molecular weight is 314 g/mol. The number of carbonyl (C=O) groups is 1. The van der Waals surface area contributed by atoms with Crippen molar-refractivity contribution in [2.75, 3.05) is 31.1 Å². The number of amides is 1. The smallest absolute Gasteiger partial charge is 0.274 e. The van der Waals surface area contributed by atoms with Crippen LogP contribution in [-0.4, -0.2) is 42.0 Å². The summed E-state index contributed by atoms with van der Waals surface area (Å²) in [4.78, 5) is 22.4. The molecule has 1 fully saturated rings. The van der Waals surface area contributed by atoms with Gasteiger partial charge in [-0.2, -0.15) is 0 Å². The molecule has 0 saturated carbocycles. The van der Waals surface area contributed by atoms with Gasteiger partial charge in [-0.05, 0) is 5.56 Å². The van der Waals surface area contributed by atoms with Crippen molar-refractivity contribution >= 4 is 22.4 Å². The lowest BCUT2D eigenvalue weighted by Crippen LogP contribution is -2.43. The fourth-order valence-corrected chi connectivity index (χ4v) is 4.05. The number of hydrogen-bond acceptors (Lipinski definition) is 5. The molecule has 1 saturated heterocycles. The zero-order chi connectivity index (χ0) is 14.9. The third-order valence-electron chi connectivity index (χ3n) is 4.11. The van der Waals surface area contributed by atoms with Gasteiger partial charge in [-0.3, -0.25) is 4.79 Å². The van der Waals surface area contributed by atoms with Gasteiger partial charge in [-0.1, -0.05) is 41.7 Å². The minimum atomic E-state index is 0.0662. The van der Waals surface area contributed by atoms with Crippen molar-refractivity contribution in [1.29, 1.82) is 0 Å². The molecule has 1 N–H and O–H groups in total. The second kappa shape index (κ2) is 5.70. The molecule has 0 atom stereocenters. The van der Waals surface area contributed by atoms with Crippen molar-refractivity contribution in [1.82, 2.24) is 15.2 Å². The fraction of sp³-hybridized carbons (Fsp3) is 0.375. The Morgan fingerprint density at radius 1 is 1.18 bits per heavy atom. The number of carbonyl (C=O) groups excluding carboxylic acids is 1. The molecule has 114 valence electrons. The van der Waals surface area contributed by atoms with E-state index in [1.165, 1.54) is 0 Å². The molecule has 0 bridgehead atoms. The van der Waals surface area contributed by atoms with Gasteiger partial charge in [0.2, 0.25) is 0 Å². The summed E-state index contributed by atoms with van der Waals surface area (Å²) in [6.45, 7) is 5.25. The van der Waals surface area contributed by atoms with E-state index in [0.29, 0.717) is 18.8 Å². The molecule has 0 spiro atoms. The van der Waals surface area contributed by atoms with Gasteiger partial charge in [0.1, 0.15) is 5.69 Å². The molecular formula is C16H18N4OS. The quantitative estimate of drug-likeness (QED) is 0.937. The molecule has 4 rings (SSSR count). The summed E-state index contributed by atoms with van der Waals surface area (Å²) in [6.07, 6.45) is 0. The molecular weight excluding hydrogens is 296 g/mol. The van der Waals surface area contributed by atoms with Gasteiger partial charge in [0, 0.05) is 32.7 Å². The Hall–Kier alpha value is -1.92. The van der Waals surface area contributed by atoms with Gasteiger partial charge in [0.25, 0.3) is 5.91 Å². The monoisotopic (exact) mass is 314 g/mol. The molecule has 1 aromatic heterocycles. The van der Waals surface area contributed by atoms with Crippen molar-refractivity contribution in [3.63, 3.8) is 0 Å². The summed E-state index contributed by atoms with van der Waals surface area (Å²) in [5, 5.41) is 4.34. The van der Waals surface area contributed by atoms with E-state index in [2.05, 4.69) is 27.3 Å². The van der Waals surface area contributed by atoms with Crippen LogP contribution in [0.25, 0.3) is 0 Å². The van der Waals surface area contributed by atoms with Crippen LogP contribution in [0.4, 0.5) is 5.13 Å². The lowest BCUT2D eigenvalue weighted by Gasteiger charge is -2.27. The van der Waals surface area contributed by atoms with Crippen molar-refractivity contribution < 1.29 is 4.79 Å². The van der Waals surface area contributed by atoms with Crippen LogP contribution in [-0.2, 0) is 13.1 Å². The maximum absolute atomic E-state index is 12.5. The Kier molecular flexibility index (Phi) is 3.56. The van der Waals surface area contributed by atoms with Crippen LogP contribution < -0.4 is 10.2 Å². The van der Waals surface area contributed by atoms with Crippen LogP contribution in [0.15, 0.2) is 30.3 Å². The zero-order valence-corrected chi connectivity index (χ0v) is 13.1. The average Bonchev–Trinajstić information content (AvgIpc) is 3.10. The molecule has 1 amide bonds. The van der Waals surface area contributed by atoms with Crippen LogP contribution in [0.2, 0.25) is 0 Å². The topological polar surface area (TPSA) is 48.5 Å². The first kappa shape index (κ1) is 13.7. The van der Waals surface area contributed by atoms with Gasteiger partial charge in [-0.25, -0.2) is 4.98 Å². The third-order valence-corrected chi connectivity index (χ3v) is 5.21. The predicted octanol–water partition coefficient (Wildman–Crippen LogP) is 1.71. The van der Waals surface area contributed by atoms with Crippen molar-refractivity contribution in [2.45, 2.75) is 13.1 Å². The van der Waals surface area contributed by atoms with Crippen LogP contribution in [0.3, 0.4) is 0 Å². The summed E-state index contributed by atoms with van der Waals surface area (Å²) in [6, 6.07) is 10.1. The van der Waals surface area contributed by atoms with Gasteiger partial charge in [0.15, 0.2) is 5.13 Å². The summed E-state index contributed by atoms with van der Waals surface area (Å²) in [5.74, 6) is 0.0662. The second-order valence-electron chi connectivity index (χ2n) is 5.65. The van der Waals surface area contributed by atoms with E-state index in [-0.39, 0.29) is 5.91 Å². The highest BCUT2D eigenvalue weighted by Crippen LogP contribution is 2.33. The highest BCUT2D eigenvalue weighted by Gasteiger charge is 2.32. The maximum Gasteiger partial charge on any atom is 0.274 e. The van der Waals surface area contributed by atoms with E-state index in [1.54, 1.807) is 11.3 Å². The van der Waals surface area contributed by atoms with Crippen molar-refractivity contribution in [2.24, 2.45) is 0 Å². The second-order valence-corrected chi connectivity index (χ2v) is 6.71. The number of anilines is 1. The first-order valence-electron chi connectivity index (χ1n) is 7.60. The summed E-state index contributed by atoms with van der Waals surface area (Å²) in [7, 11) is 0. The normalized spacial score (nSPS) is 17.9. The van der Waals surface area contributed by atoms with Crippen LogP contribution in [0.1, 0.15) is 20.9 Å². The van der Waals surface area contributed by atoms with E-state index >= 15 is 0 Å². The number of fused-ring (bicyclic) bond motifs is 1. The number of benzene rings is 1. The number of thiazole rings is 1. The minimum absolute atomic E-state index is 0.0662. The lowest BCUT2D eigenvalue weighted by atomic mass is 10.2. The summed E-state index contributed by atoms with van der Waals surface area (Å²) >= 11 is 1.67. The van der Waals surface area contributed by atoms with Crippen LogP contribution in [0, 0.1) is 0 Å². The fourth-order valence-electron chi connectivity index (χ4n) is 2.93. The SMILES string of the molecule is O=C1c2nc(N3CCNCC3)sc2CN1Cc1ccccc1. The third kappa shape index (κ3) is 2.48. The maximum atomic E-state index is 12.5. The molecule has 0 aliphatic carbocycles. The first-order valence-corrected chi connectivity index (χ1v) is 8.41. The molecule has 3 heterocycles. The highest BCUT2D eigenvalue weighted by atomic mass is 32.1. The summed E-state index contributed by atoms with van der Waals surface area (Å²) in [5.41, 5.74) is 1.82. The molecule has 2 aliphatic rings. The largest absolute Gasteiger partial charge is 0.346 e. The molecule has 6 heteroatoms. The minimum Gasteiger partial charge on any atom is -0.346 e. The van der Waals surface area contributed by atoms with Gasteiger partial charge < -0.3 is 15.1 Å². The standard InChI is InChI=1S/C16H18N4OS/c21-15-14-13(11-20(15)10-12-4-2-1-3-5-12)22-16(18-14)19-8-6-17-7-9-19/h1-5,17H,6-11H2. The van der Waals surface area contributed by atoms with Crippen LogP contribution in [0.5, 0.6) is 0 Å². The molecule has 5 nitrogen and oxygen atoms in total. The number of nitrogens with zero attached hydrogens (tertiary/aromatic N) is 3. The summed E-state index contributed by atoms with van der Waals surface area (Å²) < 4.78 is 0. The van der Waals surface area contributed by atoms with Gasteiger partial charge >= 0.3 is 0 Å². The van der Waals surface area contributed by atoms with E-state index in [9.17, 15) is 4.79 Å². The molecule has 2 aromatic rings. The lowest BCUT2D eigenvalue weighted by molar-refractivity contribution is 0.0762. The van der Waals surface area contributed by atoms with Crippen molar-refractivity contribution in [3.05, 3.63) is 46.5 Å². The molecule has 2 aliphatic heterocycles. The highest BCUT2D eigenvalue weighted by molar-refractivity contribution is 7.16. The first-order chi connectivity index (χ1) is 10.8. The Morgan fingerprint density at radius 2 is 1.95 bits per heavy atom. The predicted molar refractivity (Wildman–Crippen MR) is 87.2 cm³/mol. The molecule has 0 unspecified atom stereocenters. The number of hydrogen-bond donors (Lipinski definition) is 1. The Balaban J connectivity index is 1.50. The molecule has 1 aromatic carbocycles. The van der Waals surface area contributed by atoms with Gasteiger partial charge in [-0.15, -0.1) is 0 Å². The Labute approximate surface area is 133 Å². The van der Waals surface area contributed by atoms with Crippen molar-refractivity contribution in [3.8, 4) is 0 Å². The van der Waals surface area contributed by atoms with E-state index < -0.39 is 0 Å². The molecule has 0 radical (unpaired) electrons. The number of rotatable bonds is 3. The number of piperazine rings is 1.